The molecule has 0 aromatic carbocycles. The molecule has 0 amide bonds. The van der Waals surface area contributed by atoms with Crippen LogP contribution in [0.3, 0.4) is 0 Å². The van der Waals surface area contributed by atoms with Gasteiger partial charge in [0.2, 0.25) is 0 Å². The summed E-state index contributed by atoms with van der Waals surface area (Å²) < 4.78 is 5.84. The van der Waals surface area contributed by atoms with Crippen LogP contribution in [0.15, 0.2) is 0 Å². The van der Waals surface area contributed by atoms with Crippen LogP contribution < -0.4 is 10.5 Å². The Labute approximate surface area is 112 Å². The zero-order valence-corrected chi connectivity index (χ0v) is 12.6. The number of carbonyl (C=O) groups is 1. The van der Waals surface area contributed by atoms with E-state index in [4.69, 9.17) is 10.5 Å². The molecule has 3 N–H and O–H groups in total. The molecule has 0 radical (unpaired) electrons. The molecule has 0 atom stereocenters. The Morgan fingerprint density at radius 2 is 1.72 bits per heavy atom. The number of nitrogens with two attached hydrogens (primary N) is 1. The van der Waals surface area contributed by atoms with Crippen molar-refractivity contribution in [3.8, 4) is 5.75 Å². The van der Waals surface area contributed by atoms with Gasteiger partial charge in [0.05, 0.1) is 0 Å². The molecule has 102 valence electrons. The maximum atomic E-state index is 11.3. The molecule has 1 aromatic heterocycles. The number of rotatable bonds is 2. The van der Waals surface area contributed by atoms with Crippen LogP contribution in [0.4, 0.5) is 5.00 Å². The summed E-state index contributed by atoms with van der Waals surface area (Å²) in [6, 6.07) is 0. The number of ether oxygens (including phenoxy) is 1. The van der Waals surface area contributed by atoms with E-state index in [0.29, 0.717) is 16.3 Å². The van der Waals surface area contributed by atoms with E-state index in [9.17, 15) is 9.90 Å². The number of hydrogen-bond donors (Lipinski definition) is 2. The Morgan fingerprint density at radius 1 is 1.22 bits per heavy atom. The molecule has 0 saturated carbocycles. The lowest BCUT2D eigenvalue weighted by atomic mass is 9.86. The molecule has 1 heterocycles. The van der Waals surface area contributed by atoms with Crippen molar-refractivity contribution < 1.29 is 14.6 Å². The lowest BCUT2D eigenvalue weighted by Gasteiger charge is -2.26. The maximum Gasteiger partial charge on any atom is 0.346 e. The van der Waals surface area contributed by atoms with Crippen molar-refractivity contribution in [2.24, 2.45) is 0 Å². The first-order valence-corrected chi connectivity index (χ1v) is 6.60. The van der Waals surface area contributed by atoms with Crippen LogP contribution in [0.2, 0.25) is 0 Å². The van der Waals surface area contributed by atoms with Gasteiger partial charge in [-0.1, -0.05) is 20.8 Å². The predicted octanol–water partition coefficient (Wildman–Crippen LogP) is 3.50. The van der Waals surface area contributed by atoms with Crippen molar-refractivity contribution in [2.45, 2.75) is 52.6 Å². The van der Waals surface area contributed by atoms with E-state index in [0.717, 1.165) is 11.3 Å². The minimum absolute atomic E-state index is 0.263. The molecule has 0 saturated heterocycles. The number of thiophene rings is 1. The maximum absolute atomic E-state index is 11.3. The molecule has 18 heavy (non-hydrogen) atoms. The van der Waals surface area contributed by atoms with Gasteiger partial charge >= 0.3 is 5.97 Å². The molecule has 0 unspecified atom stereocenters. The zero-order chi connectivity index (χ0) is 14.3. The second-order valence-corrected chi connectivity index (χ2v) is 7.32. The topological polar surface area (TPSA) is 72.5 Å². The van der Waals surface area contributed by atoms with Crippen LogP contribution in [0, 0.1) is 0 Å². The molecule has 4 nitrogen and oxygen atoms in total. The zero-order valence-electron chi connectivity index (χ0n) is 11.7. The number of carboxylic acids is 1. The summed E-state index contributed by atoms with van der Waals surface area (Å²) in [5.41, 5.74) is 5.84. The highest BCUT2D eigenvalue weighted by Gasteiger charge is 2.32. The van der Waals surface area contributed by atoms with E-state index in [-0.39, 0.29) is 10.3 Å². The monoisotopic (exact) mass is 271 g/mol. The first-order chi connectivity index (χ1) is 7.93. The van der Waals surface area contributed by atoms with Crippen LogP contribution in [-0.4, -0.2) is 16.7 Å². The van der Waals surface area contributed by atoms with Crippen LogP contribution in [0.1, 0.15) is 56.8 Å². The fraction of sp³-hybridized carbons (Fsp3) is 0.615. The van der Waals surface area contributed by atoms with Gasteiger partial charge in [0, 0.05) is 5.56 Å². The van der Waals surface area contributed by atoms with Gasteiger partial charge in [0.15, 0.2) is 5.75 Å². The van der Waals surface area contributed by atoms with Gasteiger partial charge in [0.1, 0.15) is 15.5 Å². The van der Waals surface area contributed by atoms with Crippen molar-refractivity contribution in [1.82, 2.24) is 0 Å². The third-order valence-corrected chi connectivity index (χ3v) is 3.23. The van der Waals surface area contributed by atoms with Gasteiger partial charge < -0.3 is 15.6 Å². The normalized spacial score (nSPS) is 12.6. The first-order valence-electron chi connectivity index (χ1n) is 5.78. The molecule has 0 fully saturated rings. The highest BCUT2D eigenvalue weighted by molar-refractivity contribution is 7.18. The minimum atomic E-state index is -0.958. The quantitative estimate of drug-likeness (QED) is 0.863. The average Bonchev–Trinajstić information content (AvgIpc) is 2.40. The minimum Gasteiger partial charge on any atom is -0.485 e. The van der Waals surface area contributed by atoms with Crippen LogP contribution in [-0.2, 0) is 5.41 Å². The van der Waals surface area contributed by atoms with E-state index in [1.807, 2.05) is 41.5 Å². The summed E-state index contributed by atoms with van der Waals surface area (Å²) >= 11 is 1.07. The van der Waals surface area contributed by atoms with Crippen molar-refractivity contribution in [2.75, 3.05) is 5.73 Å². The Bertz CT molecular complexity index is 464. The average molecular weight is 271 g/mol. The van der Waals surface area contributed by atoms with Crippen molar-refractivity contribution in [3.63, 3.8) is 0 Å². The largest absolute Gasteiger partial charge is 0.485 e. The highest BCUT2D eigenvalue weighted by atomic mass is 32.1. The molecule has 0 spiro atoms. The summed E-state index contributed by atoms with van der Waals surface area (Å²) in [4.78, 5) is 11.6. The lowest BCUT2D eigenvalue weighted by molar-refractivity contribution is 0.0697. The van der Waals surface area contributed by atoms with Gasteiger partial charge in [-0.25, -0.2) is 4.79 Å². The number of nitrogen functional groups attached to an aromatic ring is 1. The molecular formula is C13H21NO3S. The Morgan fingerprint density at radius 3 is 2.06 bits per heavy atom. The molecule has 0 aliphatic carbocycles. The van der Waals surface area contributed by atoms with Crippen molar-refractivity contribution >= 4 is 22.3 Å². The summed E-state index contributed by atoms with van der Waals surface area (Å²) in [6.45, 7) is 11.6. The van der Waals surface area contributed by atoms with Crippen molar-refractivity contribution in [3.05, 3.63) is 10.4 Å². The van der Waals surface area contributed by atoms with Crippen LogP contribution in [0.25, 0.3) is 0 Å². The Balaban J connectivity index is 3.46. The van der Waals surface area contributed by atoms with E-state index in [1.165, 1.54) is 0 Å². The molecule has 0 bridgehead atoms. The molecular weight excluding hydrogens is 250 g/mol. The van der Waals surface area contributed by atoms with E-state index < -0.39 is 11.6 Å². The number of hydrogen-bond acceptors (Lipinski definition) is 4. The summed E-state index contributed by atoms with van der Waals surface area (Å²) in [6.07, 6.45) is 0. The molecule has 5 heteroatoms. The summed E-state index contributed by atoms with van der Waals surface area (Å²) in [7, 11) is 0. The van der Waals surface area contributed by atoms with E-state index in [1.54, 1.807) is 0 Å². The molecule has 1 rings (SSSR count). The SMILES string of the molecule is CC(C)(C)Oc1c(N)sc(C(=O)O)c1C(C)(C)C. The second kappa shape index (κ2) is 4.46. The third kappa shape index (κ3) is 3.16. The van der Waals surface area contributed by atoms with E-state index in [2.05, 4.69) is 0 Å². The second-order valence-electron chi connectivity index (χ2n) is 6.27. The van der Waals surface area contributed by atoms with Gasteiger partial charge in [-0.05, 0) is 26.2 Å². The van der Waals surface area contributed by atoms with Gasteiger partial charge in [0.25, 0.3) is 0 Å². The van der Waals surface area contributed by atoms with Gasteiger partial charge in [-0.15, -0.1) is 11.3 Å². The molecule has 0 aliphatic heterocycles. The molecule has 1 aromatic rings. The lowest BCUT2D eigenvalue weighted by Crippen LogP contribution is -2.26. The number of carboxylic acid groups (broad SMARTS) is 1. The third-order valence-electron chi connectivity index (χ3n) is 2.24. The first kappa shape index (κ1) is 14.8. The Kier molecular flexibility index (Phi) is 3.68. The summed E-state index contributed by atoms with van der Waals surface area (Å²) in [5, 5.41) is 9.69. The van der Waals surface area contributed by atoms with Gasteiger partial charge in [-0.2, -0.15) is 0 Å². The molecule has 0 aliphatic rings. The van der Waals surface area contributed by atoms with E-state index >= 15 is 0 Å². The number of anilines is 1. The van der Waals surface area contributed by atoms with Crippen LogP contribution >= 0.6 is 11.3 Å². The Hall–Kier alpha value is -1.23. The fourth-order valence-corrected chi connectivity index (χ4v) is 2.72. The fourth-order valence-electron chi connectivity index (χ4n) is 1.67. The van der Waals surface area contributed by atoms with Crippen molar-refractivity contribution in [1.29, 1.82) is 0 Å². The predicted molar refractivity (Wildman–Crippen MR) is 74.8 cm³/mol. The standard InChI is InChI=1S/C13H21NO3S/c1-12(2,3)7-8(17-13(4,5)6)10(14)18-9(7)11(15)16/h14H2,1-6H3,(H,15,16). The number of aromatic carboxylic acids is 1. The van der Waals surface area contributed by atoms with Crippen LogP contribution in [0.5, 0.6) is 5.75 Å². The summed E-state index contributed by atoms with van der Waals surface area (Å²) in [5.74, 6) is -0.446. The van der Waals surface area contributed by atoms with Gasteiger partial charge in [-0.3, -0.25) is 0 Å². The highest BCUT2D eigenvalue weighted by Crippen LogP contribution is 2.45. The smallest absolute Gasteiger partial charge is 0.346 e.